The number of thiophene rings is 1. The van der Waals surface area contributed by atoms with Gasteiger partial charge in [0, 0.05) is 53.5 Å². The summed E-state index contributed by atoms with van der Waals surface area (Å²) in [6, 6.07) is 54.8. The summed E-state index contributed by atoms with van der Waals surface area (Å²) in [7, 11) is 0. The van der Waals surface area contributed by atoms with E-state index in [4.69, 9.17) is 4.42 Å². The van der Waals surface area contributed by atoms with Crippen molar-refractivity contribution in [3.05, 3.63) is 152 Å². The number of fused-ring (bicyclic) bond motifs is 9. The molecule has 2 nitrogen and oxygen atoms in total. The van der Waals surface area contributed by atoms with Gasteiger partial charge < -0.3 is 8.98 Å². The van der Waals surface area contributed by atoms with Crippen LogP contribution in [0.4, 0.5) is 0 Å². The first-order chi connectivity index (χ1) is 22.3. The molecule has 3 heterocycles. The van der Waals surface area contributed by atoms with Crippen LogP contribution in [0.5, 0.6) is 0 Å². The largest absolute Gasteiger partial charge is 0.456 e. The van der Waals surface area contributed by atoms with Crippen LogP contribution >= 0.6 is 11.3 Å². The topological polar surface area (TPSA) is 18.1 Å². The van der Waals surface area contributed by atoms with E-state index in [0.29, 0.717) is 0 Å². The highest BCUT2D eigenvalue weighted by Gasteiger charge is 2.17. The molecule has 0 aliphatic carbocycles. The molecule has 7 aromatic carbocycles. The van der Waals surface area contributed by atoms with E-state index in [-0.39, 0.29) is 0 Å². The van der Waals surface area contributed by atoms with E-state index in [2.05, 4.69) is 144 Å². The van der Waals surface area contributed by atoms with Gasteiger partial charge in [-0.1, -0.05) is 103 Å². The zero-order valence-electron chi connectivity index (χ0n) is 24.2. The van der Waals surface area contributed by atoms with Gasteiger partial charge >= 0.3 is 0 Å². The van der Waals surface area contributed by atoms with Gasteiger partial charge in [0.1, 0.15) is 11.2 Å². The van der Waals surface area contributed by atoms with Crippen molar-refractivity contribution in [2.45, 2.75) is 0 Å². The summed E-state index contributed by atoms with van der Waals surface area (Å²) in [5, 5.41) is 7.43. The standard InChI is InChI=1S/C42H25NOS/c1-4-19-37-31(14-1)35-24-36-32-15-2-5-20-39(32)44-40(36)25-38(35)43(37)29-13-8-11-27(23-29)26-10-7-12-28(22-26)30-17-9-18-34-33-16-3-6-21-41(33)45-42(30)34/h1-25H. The van der Waals surface area contributed by atoms with Crippen molar-refractivity contribution in [3.8, 4) is 27.9 Å². The quantitative estimate of drug-likeness (QED) is 0.200. The Morgan fingerprint density at radius 3 is 2.07 bits per heavy atom. The molecular weight excluding hydrogens is 567 g/mol. The van der Waals surface area contributed by atoms with Crippen molar-refractivity contribution in [2.75, 3.05) is 0 Å². The van der Waals surface area contributed by atoms with Crippen molar-refractivity contribution in [1.82, 2.24) is 4.57 Å². The van der Waals surface area contributed by atoms with Crippen molar-refractivity contribution in [3.63, 3.8) is 0 Å². The van der Waals surface area contributed by atoms with Crippen LogP contribution in [0.15, 0.2) is 156 Å². The Morgan fingerprint density at radius 1 is 0.422 bits per heavy atom. The normalized spacial score (nSPS) is 12.0. The lowest BCUT2D eigenvalue weighted by Crippen LogP contribution is -1.94. The van der Waals surface area contributed by atoms with E-state index in [1.807, 2.05) is 23.5 Å². The molecule has 0 amide bonds. The molecule has 0 bridgehead atoms. The van der Waals surface area contributed by atoms with Gasteiger partial charge in [-0.15, -0.1) is 11.3 Å². The Morgan fingerprint density at radius 2 is 1.13 bits per heavy atom. The second-order valence-corrected chi connectivity index (χ2v) is 12.8. The highest BCUT2D eigenvalue weighted by molar-refractivity contribution is 7.26. The summed E-state index contributed by atoms with van der Waals surface area (Å²) in [6.45, 7) is 0. The zero-order valence-corrected chi connectivity index (χ0v) is 25.0. The molecule has 3 aromatic heterocycles. The first-order valence-corrected chi connectivity index (χ1v) is 16.1. The summed E-state index contributed by atoms with van der Waals surface area (Å²) in [5.74, 6) is 0. The van der Waals surface area contributed by atoms with Crippen LogP contribution in [-0.4, -0.2) is 4.57 Å². The summed E-state index contributed by atoms with van der Waals surface area (Å²) in [6.07, 6.45) is 0. The van der Waals surface area contributed by atoms with Crippen molar-refractivity contribution < 1.29 is 4.42 Å². The van der Waals surface area contributed by atoms with E-state index < -0.39 is 0 Å². The van der Waals surface area contributed by atoms with Gasteiger partial charge in [-0.25, -0.2) is 0 Å². The van der Waals surface area contributed by atoms with E-state index in [1.54, 1.807) is 0 Å². The predicted molar refractivity (Wildman–Crippen MR) is 192 cm³/mol. The fourth-order valence-corrected chi connectivity index (χ4v) is 8.37. The Bertz CT molecular complexity index is 2770. The molecule has 0 atom stereocenters. The Hall–Kier alpha value is -5.64. The van der Waals surface area contributed by atoms with Gasteiger partial charge in [0.2, 0.25) is 0 Å². The molecule has 10 rings (SSSR count). The third kappa shape index (κ3) is 3.68. The fourth-order valence-electron chi connectivity index (χ4n) is 7.13. The Labute approximate surface area is 263 Å². The maximum Gasteiger partial charge on any atom is 0.137 e. The molecule has 0 saturated carbocycles. The summed E-state index contributed by atoms with van der Waals surface area (Å²) in [4.78, 5) is 0. The second-order valence-electron chi connectivity index (χ2n) is 11.7. The van der Waals surface area contributed by atoms with E-state index in [0.717, 1.165) is 33.1 Å². The molecular formula is C42H25NOS. The second kappa shape index (κ2) is 9.43. The average molecular weight is 592 g/mol. The molecule has 0 unspecified atom stereocenters. The highest BCUT2D eigenvalue weighted by Crippen LogP contribution is 2.41. The number of benzene rings is 7. The third-order valence-corrected chi connectivity index (χ3v) is 10.4. The van der Waals surface area contributed by atoms with Crippen molar-refractivity contribution in [2.24, 2.45) is 0 Å². The molecule has 0 aliphatic heterocycles. The molecule has 45 heavy (non-hydrogen) atoms. The highest BCUT2D eigenvalue weighted by atomic mass is 32.1. The molecule has 10 aromatic rings. The third-order valence-electron chi connectivity index (χ3n) is 9.19. The number of hydrogen-bond donors (Lipinski definition) is 0. The zero-order chi connectivity index (χ0) is 29.5. The van der Waals surface area contributed by atoms with Crippen LogP contribution in [0.2, 0.25) is 0 Å². The van der Waals surface area contributed by atoms with Gasteiger partial charge in [-0.05, 0) is 64.7 Å². The SMILES string of the molecule is c1cc(-c2cccc(-n3c4ccccc4c4cc5c(cc43)oc3ccccc35)c2)cc(-c2cccc3c2sc2ccccc23)c1. The molecule has 0 fully saturated rings. The lowest BCUT2D eigenvalue weighted by atomic mass is 9.97. The van der Waals surface area contributed by atoms with Crippen LogP contribution < -0.4 is 0 Å². The number of rotatable bonds is 3. The van der Waals surface area contributed by atoms with Crippen molar-refractivity contribution >= 4 is 75.3 Å². The molecule has 0 spiro atoms. The monoisotopic (exact) mass is 591 g/mol. The van der Waals surface area contributed by atoms with Crippen LogP contribution in [0.25, 0.3) is 91.9 Å². The van der Waals surface area contributed by atoms with E-state index in [9.17, 15) is 0 Å². The number of para-hydroxylation sites is 2. The number of hydrogen-bond acceptors (Lipinski definition) is 2. The minimum absolute atomic E-state index is 0.909. The predicted octanol–water partition coefficient (Wildman–Crippen LogP) is 12.4. The lowest BCUT2D eigenvalue weighted by molar-refractivity contribution is 0.669. The molecule has 0 N–H and O–H groups in total. The van der Waals surface area contributed by atoms with Gasteiger partial charge in [0.05, 0.1) is 11.0 Å². The molecule has 0 saturated heterocycles. The first-order valence-electron chi connectivity index (χ1n) is 15.3. The van der Waals surface area contributed by atoms with Crippen LogP contribution in [0, 0.1) is 0 Å². The summed E-state index contributed by atoms with van der Waals surface area (Å²) in [5.41, 5.74) is 10.2. The average Bonchev–Trinajstić information content (AvgIpc) is 3.76. The van der Waals surface area contributed by atoms with Crippen molar-refractivity contribution in [1.29, 1.82) is 0 Å². The summed E-state index contributed by atoms with van der Waals surface area (Å²) < 4.78 is 11.4. The fraction of sp³-hybridized carbons (Fsp3) is 0. The number of nitrogens with zero attached hydrogens (tertiary/aromatic N) is 1. The maximum atomic E-state index is 6.33. The molecule has 0 radical (unpaired) electrons. The van der Waals surface area contributed by atoms with E-state index in [1.165, 1.54) is 58.7 Å². The smallest absolute Gasteiger partial charge is 0.137 e. The minimum atomic E-state index is 0.909. The van der Waals surface area contributed by atoms with Crippen LogP contribution in [-0.2, 0) is 0 Å². The number of aromatic nitrogens is 1. The van der Waals surface area contributed by atoms with E-state index >= 15 is 0 Å². The van der Waals surface area contributed by atoms with Gasteiger partial charge in [-0.3, -0.25) is 0 Å². The van der Waals surface area contributed by atoms with Crippen LogP contribution in [0.3, 0.4) is 0 Å². The molecule has 210 valence electrons. The molecule has 0 aliphatic rings. The van der Waals surface area contributed by atoms with Gasteiger partial charge in [0.15, 0.2) is 0 Å². The van der Waals surface area contributed by atoms with Gasteiger partial charge in [0.25, 0.3) is 0 Å². The van der Waals surface area contributed by atoms with Crippen LogP contribution in [0.1, 0.15) is 0 Å². The molecule has 3 heteroatoms. The Kier molecular flexibility index (Phi) is 5.19. The Balaban J connectivity index is 1.15. The maximum absolute atomic E-state index is 6.33. The number of furan rings is 1. The minimum Gasteiger partial charge on any atom is -0.456 e. The lowest BCUT2D eigenvalue weighted by Gasteiger charge is -2.11. The van der Waals surface area contributed by atoms with Gasteiger partial charge in [-0.2, -0.15) is 0 Å². The first kappa shape index (κ1) is 24.8. The summed E-state index contributed by atoms with van der Waals surface area (Å²) >= 11 is 1.88.